The third-order valence-electron chi connectivity index (χ3n) is 4.71. The average molecular weight is 399 g/mol. The van der Waals surface area contributed by atoms with Gasteiger partial charge >= 0.3 is 5.97 Å². The number of aliphatic hydroxyl groups excluding tert-OH is 1. The van der Waals surface area contributed by atoms with Gasteiger partial charge in [0.05, 0.1) is 6.61 Å². The van der Waals surface area contributed by atoms with Gasteiger partial charge in [-0.3, -0.25) is 4.79 Å². The first-order valence-electron chi connectivity index (χ1n) is 9.95. The number of carbonyl (C=O) groups is 2. The molecule has 29 heavy (non-hydrogen) atoms. The number of esters is 1. The number of ketones is 1. The molecule has 1 rings (SSSR count). The summed E-state index contributed by atoms with van der Waals surface area (Å²) in [6.45, 7) is 13.5. The Morgan fingerprint density at radius 3 is 2.55 bits per heavy atom. The molecule has 1 aliphatic carbocycles. The van der Waals surface area contributed by atoms with Crippen LogP contribution in [0.15, 0.2) is 71.4 Å². The lowest BCUT2D eigenvalue weighted by atomic mass is 9.80. The molecule has 1 N–H and O–H groups in total. The molecule has 4 nitrogen and oxygen atoms in total. The van der Waals surface area contributed by atoms with Crippen molar-refractivity contribution in [1.29, 1.82) is 0 Å². The van der Waals surface area contributed by atoms with Crippen molar-refractivity contribution in [2.24, 2.45) is 5.41 Å². The monoisotopic (exact) mass is 398 g/mol. The second-order valence-corrected chi connectivity index (χ2v) is 8.28. The molecule has 0 aromatic carbocycles. The topological polar surface area (TPSA) is 63.6 Å². The number of hydrogen-bond donors (Lipinski definition) is 1. The van der Waals surface area contributed by atoms with Crippen molar-refractivity contribution in [3.63, 3.8) is 0 Å². The molecule has 1 aliphatic rings. The van der Waals surface area contributed by atoms with Gasteiger partial charge in [0.15, 0.2) is 5.78 Å². The fourth-order valence-electron chi connectivity index (χ4n) is 2.88. The minimum absolute atomic E-state index is 0.265. The van der Waals surface area contributed by atoms with Gasteiger partial charge in [-0.2, -0.15) is 0 Å². The zero-order valence-electron chi connectivity index (χ0n) is 18.3. The first kappa shape index (κ1) is 24.6. The van der Waals surface area contributed by atoms with Crippen LogP contribution >= 0.6 is 0 Å². The van der Waals surface area contributed by atoms with E-state index < -0.39 is 12.1 Å². The highest BCUT2D eigenvalue weighted by Gasteiger charge is 2.23. The minimum atomic E-state index is -0.666. The highest BCUT2D eigenvalue weighted by molar-refractivity contribution is 6.04. The second kappa shape index (κ2) is 11.5. The van der Waals surface area contributed by atoms with Crippen molar-refractivity contribution in [3.05, 3.63) is 71.4 Å². The Kier molecular flexibility index (Phi) is 9.76. The summed E-state index contributed by atoms with van der Waals surface area (Å²) >= 11 is 0. The molecule has 0 bridgehead atoms. The van der Waals surface area contributed by atoms with Crippen LogP contribution in [0.1, 0.15) is 53.9 Å². The first-order valence-corrected chi connectivity index (χ1v) is 9.95. The molecule has 0 fully saturated rings. The van der Waals surface area contributed by atoms with Crippen LogP contribution in [-0.4, -0.2) is 29.6 Å². The summed E-state index contributed by atoms with van der Waals surface area (Å²) in [6.07, 6.45) is 13.9. The van der Waals surface area contributed by atoms with E-state index in [0.29, 0.717) is 17.6 Å². The molecule has 0 unspecified atom stereocenters. The average Bonchev–Trinajstić information content (AvgIpc) is 2.63. The lowest BCUT2D eigenvalue weighted by Gasteiger charge is -2.25. The quantitative estimate of drug-likeness (QED) is 0.380. The number of hydrogen-bond acceptors (Lipinski definition) is 4. The van der Waals surface area contributed by atoms with Crippen molar-refractivity contribution in [1.82, 2.24) is 0 Å². The van der Waals surface area contributed by atoms with Crippen LogP contribution in [-0.2, 0) is 14.3 Å². The Balaban J connectivity index is 3.27. The Morgan fingerprint density at radius 1 is 1.28 bits per heavy atom. The van der Waals surface area contributed by atoms with Crippen LogP contribution in [0.3, 0.4) is 0 Å². The molecule has 0 aromatic rings. The number of carbonyl (C=O) groups excluding carboxylic acids is 2. The third-order valence-corrected chi connectivity index (χ3v) is 4.71. The van der Waals surface area contributed by atoms with Gasteiger partial charge in [-0.25, -0.2) is 4.79 Å². The fourth-order valence-corrected chi connectivity index (χ4v) is 2.88. The largest absolute Gasteiger partial charge is 0.450 e. The third kappa shape index (κ3) is 9.05. The molecule has 2 atom stereocenters. The van der Waals surface area contributed by atoms with Gasteiger partial charge in [0.25, 0.3) is 0 Å². The maximum atomic E-state index is 12.4. The number of ether oxygens (including phenoxy) is 1. The second-order valence-electron chi connectivity index (χ2n) is 8.28. The zero-order chi connectivity index (χ0) is 22.0. The van der Waals surface area contributed by atoms with Crippen molar-refractivity contribution >= 4 is 11.8 Å². The van der Waals surface area contributed by atoms with Crippen LogP contribution < -0.4 is 0 Å². The van der Waals surface area contributed by atoms with E-state index in [0.717, 1.165) is 18.4 Å². The molecule has 0 radical (unpaired) electrons. The van der Waals surface area contributed by atoms with E-state index in [4.69, 9.17) is 4.74 Å². The van der Waals surface area contributed by atoms with Crippen LogP contribution in [0.2, 0.25) is 0 Å². The van der Waals surface area contributed by atoms with E-state index in [1.807, 2.05) is 26.0 Å². The summed E-state index contributed by atoms with van der Waals surface area (Å²) in [6, 6.07) is 0. The van der Waals surface area contributed by atoms with Gasteiger partial charge in [0.2, 0.25) is 0 Å². The van der Waals surface area contributed by atoms with Gasteiger partial charge in [-0.1, -0.05) is 49.0 Å². The Hall–Kier alpha value is -2.46. The normalized spacial score (nSPS) is 26.4. The first-order chi connectivity index (χ1) is 13.6. The van der Waals surface area contributed by atoms with Gasteiger partial charge in [-0.15, -0.1) is 0 Å². The number of rotatable bonds is 6. The highest BCUT2D eigenvalue weighted by atomic mass is 16.5. The van der Waals surface area contributed by atoms with E-state index in [-0.39, 0.29) is 17.8 Å². The van der Waals surface area contributed by atoms with Crippen LogP contribution in [0.4, 0.5) is 0 Å². The van der Waals surface area contributed by atoms with E-state index in [1.165, 1.54) is 17.7 Å². The molecule has 0 heterocycles. The van der Waals surface area contributed by atoms with Crippen molar-refractivity contribution in [2.75, 3.05) is 6.61 Å². The Morgan fingerprint density at radius 2 is 1.97 bits per heavy atom. The lowest BCUT2D eigenvalue weighted by Crippen LogP contribution is -2.18. The number of aliphatic hydroxyl groups is 1. The molecule has 158 valence electrons. The standard InChI is InChI=1S/C25H34O4/c1-18(2)8-7-13-25(6)14-11-21(17-26)22(27)10-9-20(5)23(12-15-25)29-24(28)16-19(3)4/h8-12,15-16,23,26H,5,7,13-14,17H2,1-4,6H3/b10-9+,15-12+,21-11-/t23-,25+/m1/s1. The summed E-state index contributed by atoms with van der Waals surface area (Å²) in [5.74, 6) is -0.715. The SMILES string of the molecule is C=C1/C=C/C(=O)/C(CO)=C\C[C@](C)(CCC=C(C)C)/C=C/[C@H]1OC(=O)C=C(C)C. The zero-order valence-corrected chi connectivity index (χ0v) is 18.3. The smallest absolute Gasteiger partial charge is 0.331 e. The summed E-state index contributed by atoms with van der Waals surface area (Å²) in [5, 5.41) is 9.60. The molecular weight excluding hydrogens is 364 g/mol. The van der Waals surface area contributed by atoms with Gasteiger partial charge in [-0.05, 0) is 70.1 Å². The predicted molar refractivity (Wildman–Crippen MR) is 118 cm³/mol. The summed E-state index contributed by atoms with van der Waals surface area (Å²) < 4.78 is 5.57. The fraction of sp³-hybridized carbons (Fsp3) is 0.440. The van der Waals surface area contributed by atoms with Crippen LogP contribution in [0.25, 0.3) is 0 Å². The van der Waals surface area contributed by atoms with Gasteiger partial charge in [0.1, 0.15) is 6.10 Å². The molecular formula is C25H34O4. The van der Waals surface area contributed by atoms with E-state index in [2.05, 4.69) is 33.4 Å². The van der Waals surface area contributed by atoms with E-state index in [1.54, 1.807) is 12.2 Å². The lowest BCUT2D eigenvalue weighted by molar-refractivity contribution is -0.139. The summed E-state index contributed by atoms with van der Waals surface area (Å²) in [4.78, 5) is 24.5. The van der Waals surface area contributed by atoms with Crippen LogP contribution in [0, 0.1) is 5.41 Å². The molecule has 0 aliphatic heterocycles. The molecule has 4 heteroatoms. The van der Waals surface area contributed by atoms with E-state index in [9.17, 15) is 14.7 Å². The predicted octanol–water partition coefficient (Wildman–Crippen LogP) is 5.18. The Labute approximate surface area is 175 Å². The van der Waals surface area contributed by atoms with Crippen molar-refractivity contribution < 1.29 is 19.4 Å². The van der Waals surface area contributed by atoms with Gasteiger partial charge < -0.3 is 9.84 Å². The van der Waals surface area contributed by atoms with Gasteiger partial charge in [0, 0.05) is 11.6 Å². The van der Waals surface area contributed by atoms with Crippen molar-refractivity contribution in [3.8, 4) is 0 Å². The summed E-state index contributed by atoms with van der Waals surface area (Å²) in [7, 11) is 0. The molecule has 0 saturated carbocycles. The maximum Gasteiger partial charge on any atom is 0.331 e. The van der Waals surface area contributed by atoms with Crippen molar-refractivity contribution in [2.45, 2.75) is 60.0 Å². The van der Waals surface area contributed by atoms with Crippen LogP contribution in [0.5, 0.6) is 0 Å². The van der Waals surface area contributed by atoms with E-state index >= 15 is 0 Å². The summed E-state index contributed by atoms with van der Waals surface area (Å²) in [5.41, 5.74) is 2.68. The Bertz CT molecular complexity index is 769. The minimum Gasteiger partial charge on any atom is -0.450 e. The molecule has 0 amide bonds. The maximum absolute atomic E-state index is 12.4. The molecule has 0 aromatic heterocycles. The highest BCUT2D eigenvalue weighted by Crippen LogP contribution is 2.32. The number of allylic oxidation sites excluding steroid dienone is 6. The molecule has 0 spiro atoms. The molecule has 0 saturated heterocycles.